The number of aryl methyl sites for hydroxylation is 1. The smallest absolute Gasteiger partial charge is 0.259 e. The van der Waals surface area contributed by atoms with Gasteiger partial charge < -0.3 is 4.57 Å². The third-order valence-corrected chi connectivity index (χ3v) is 3.88. The van der Waals surface area contributed by atoms with Crippen LogP contribution in [0.5, 0.6) is 0 Å². The predicted octanol–water partition coefficient (Wildman–Crippen LogP) is 0.909. The molecule has 2 rings (SSSR count). The number of nitriles is 1. The average Bonchev–Trinajstić information content (AvgIpc) is 2.85. The lowest BCUT2D eigenvalue weighted by Gasteiger charge is -2.05. The van der Waals surface area contributed by atoms with Crippen LogP contribution >= 0.6 is 0 Å². The fourth-order valence-corrected chi connectivity index (χ4v) is 2.52. The average molecular weight is 294 g/mol. The summed E-state index contributed by atoms with van der Waals surface area (Å²) in [5, 5.41) is 8.49. The first kappa shape index (κ1) is 14.2. The van der Waals surface area contributed by atoms with Crippen molar-refractivity contribution >= 4 is 10.0 Å². The zero-order chi connectivity index (χ0) is 14.8. The summed E-state index contributed by atoms with van der Waals surface area (Å²) in [5.41, 5.74) is 0.335. The van der Waals surface area contributed by atoms with E-state index in [1.54, 1.807) is 13.1 Å². The molecule has 0 amide bonds. The molecule has 0 saturated carbocycles. The summed E-state index contributed by atoms with van der Waals surface area (Å²) < 4.78 is 41.1. The minimum Gasteiger partial charge on any atom is -0.339 e. The van der Waals surface area contributed by atoms with Crippen molar-refractivity contribution < 1.29 is 12.8 Å². The van der Waals surface area contributed by atoms with Crippen molar-refractivity contribution in [2.45, 2.75) is 11.6 Å². The Balaban J connectivity index is 2.15. The van der Waals surface area contributed by atoms with Gasteiger partial charge in [-0.05, 0) is 12.1 Å². The molecule has 0 fully saturated rings. The molecule has 0 aliphatic heterocycles. The van der Waals surface area contributed by atoms with Crippen LogP contribution in [0.4, 0.5) is 4.39 Å². The molecule has 0 atom stereocenters. The number of hydrogen-bond acceptors (Lipinski definition) is 4. The molecule has 6 nitrogen and oxygen atoms in total. The molecule has 0 spiro atoms. The summed E-state index contributed by atoms with van der Waals surface area (Å²) >= 11 is 0. The van der Waals surface area contributed by atoms with Gasteiger partial charge in [-0.25, -0.2) is 22.5 Å². The van der Waals surface area contributed by atoms with Crippen molar-refractivity contribution in [3.05, 3.63) is 47.7 Å². The maximum absolute atomic E-state index is 13.6. The third-order valence-electron chi connectivity index (χ3n) is 2.59. The van der Waals surface area contributed by atoms with Crippen molar-refractivity contribution in [2.75, 3.05) is 0 Å². The third kappa shape index (κ3) is 3.01. The molecule has 0 aliphatic rings. The van der Waals surface area contributed by atoms with Crippen molar-refractivity contribution in [1.29, 1.82) is 5.26 Å². The fraction of sp³-hybridized carbons (Fsp3) is 0.167. The highest BCUT2D eigenvalue weighted by Crippen LogP contribution is 2.11. The molecule has 1 heterocycles. The van der Waals surface area contributed by atoms with Gasteiger partial charge in [0.15, 0.2) is 5.03 Å². The largest absolute Gasteiger partial charge is 0.339 e. The molecule has 8 heteroatoms. The van der Waals surface area contributed by atoms with Gasteiger partial charge in [0.05, 0.1) is 18.0 Å². The van der Waals surface area contributed by atoms with E-state index in [9.17, 15) is 12.8 Å². The minimum atomic E-state index is -3.78. The number of nitrogens with zero attached hydrogens (tertiary/aromatic N) is 3. The van der Waals surface area contributed by atoms with E-state index in [1.165, 1.54) is 29.2 Å². The van der Waals surface area contributed by atoms with Crippen molar-refractivity contribution in [3.8, 4) is 6.07 Å². The molecular formula is C12H11FN4O2S. The Bertz CT molecular complexity index is 777. The second kappa shape index (κ2) is 5.40. The lowest BCUT2D eigenvalue weighted by molar-refractivity contribution is 0.571. The molecule has 0 saturated heterocycles. The molecule has 104 valence electrons. The topological polar surface area (TPSA) is 87.8 Å². The van der Waals surface area contributed by atoms with Crippen molar-refractivity contribution in [1.82, 2.24) is 14.3 Å². The van der Waals surface area contributed by atoms with Crippen molar-refractivity contribution in [3.63, 3.8) is 0 Å². The Morgan fingerprint density at radius 1 is 1.50 bits per heavy atom. The number of rotatable bonds is 4. The van der Waals surface area contributed by atoms with E-state index >= 15 is 0 Å². The van der Waals surface area contributed by atoms with Crippen LogP contribution in [0, 0.1) is 17.1 Å². The van der Waals surface area contributed by atoms with E-state index in [2.05, 4.69) is 9.71 Å². The molecular weight excluding hydrogens is 283 g/mol. The van der Waals surface area contributed by atoms with E-state index < -0.39 is 15.8 Å². The number of hydrogen-bond donors (Lipinski definition) is 1. The molecule has 20 heavy (non-hydrogen) atoms. The van der Waals surface area contributed by atoms with Crippen LogP contribution < -0.4 is 4.72 Å². The van der Waals surface area contributed by atoms with E-state index in [-0.39, 0.29) is 22.7 Å². The summed E-state index contributed by atoms with van der Waals surface area (Å²) in [6.45, 7) is -0.212. The number of nitrogens with one attached hydrogen (secondary N) is 1. The Kier molecular flexibility index (Phi) is 3.83. The maximum atomic E-state index is 13.6. The van der Waals surface area contributed by atoms with Crippen LogP contribution in [0.3, 0.4) is 0 Å². The molecule has 2 aromatic rings. The molecule has 1 N–H and O–H groups in total. The number of benzene rings is 1. The van der Waals surface area contributed by atoms with Gasteiger partial charge in [0.25, 0.3) is 10.0 Å². The van der Waals surface area contributed by atoms with Gasteiger partial charge in [0.2, 0.25) is 0 Å². The van der Waals surface area contributed by atoms with Crippen LogP contribution in [-0.2, 0) is 23.6 Å². The van der Waals surface area contributed by atoms with Gasteiger partial charge in [0, 0.05) is 25.4 Å². The van der Waals surface area contributed by atoms with Gasteiger partial charge >= 0.3 is 0 Å². The first-order chi connectivity index (χ1) is 9.42. The summed E-state index contributed by atoms with van der Waals surface area (Å²) in [7, 11) is -2.14. The first-order valence-corrected chi connectivity index (χ1v) is 7.07. The first-order valence-electron chi connectivity index (χ1n) is 5.58. The summed E-state index contributed by atoms with van der Waals surface area (Å²) in [5.74, 6) is -0.632. The molecule has 1 aromatic carbocycles. The number of aromatic nitrogens is 2. The monoisotopic (exact) mass is 294 g/mol. The van der Waals surface area contributed by atoms with E-state index in [4.69, 9.17) is 5.26 Å². The lowest BCUT2D eigenvalue weighted by atomic mass is 10.1. The van der Waals surface area contributed by atoms with E-state index in [0.29, 0.717) is 0 Å². The summed E-state index contributed by atoms with van der Waals surface area (Å²) in [6, 6.07) is 5.66. The molecule has 0 aliphatic carbocycles. The van der Waals surface area contributed by atoms with Gasteiger partial charge in [0.1, 0.15) is 5.82 Å². The summed E-state index contributed by atoms with van der Waals surface area (Å²) in [6.07, 6.45) is 2.70. The highest BCUT2D eigenvalue weighted by Gasteiger charge is 2.17. The molecule has 1 aromatic heterocycles. The second-order valence-electron chi connectivity index (χ2n) is 4.12. The number of sulfonamides is 1. The maximum Gasteiger partial charge on any atom is 0.259 e. The second-order valence-corrected chi connectivity index (χ2v) is 5.83. The molecule has 0 unspecified atom stereocenters. The molecule has 0 bridgehead atoms. The lowest BCUT2D eigenvalue weighted by Crippen LogP contribution is -2.24. The Morgan fingerprint density at radius 3 is 2.80 bits per heavy atom. The van der Waals surface area contributed by atoms with Crippen LogP contribution in [0.2, 0.25) is 0 Å². The quantitative estimate of drug-likeness (QED) is 0.908. The van der Waals surface area contributed by atoms with E-state index in [0.717, 1.165) is 6.07 Å². The standard InChI is InChI=1S/C12H11FN4O2S/c1-17-7-12(15-8-17)20(18,19)16-6-10-3-2-9(5-14)4-11(10)13/h2-4,7-8,16H,6H2,1H3. The Morgan fingerprint density at radius 2 is 2.25 bits per heavy atom. The van der Waals surface area contributed by atoms with Crippen LogP contribution in [-0.4, -0.2) is 18.0 Å². The van der Waals surface area contributed by atoms with Crippen LogP contribution in [0.1, 0.15) is 11.1 Å². The Labute approximate surface area is 115 Å². The Hall–Kier alpha value is -2.24. The van der Waals surface area contributed by atoms with Crippen molar-refractivity contribution in [2.24, 2.45) is 7.05 Å². The van der Waals surface area contributed by atoms with Gasteiger partial charge in [-0.2, -0.15) is 5.26 Å². The molecule has 0 radical (unpaired) electrons. The highest BCUT2D eigenvalue weighted by atomic mass is 32.2. The fourth-order valence-electron chi connectivity index (χ4n) is 1.53. The van der Waals surface area contributed by atoms with Gasteiger partial charge in [-0.1, -0.05) is 6.07 Å². The summed E-state index contributed by atoms with van der Waals surface area (Å²) in [4.78, 5) is 3.73. The number of halogens is 1. The highest BCUT2D eigenvalue weighted by molar-refractivity contribution is 7.89. The zero-order valence-corrected chi connectivity index (χ0v) is 11.4. The predicted molar refractivity (Wildman–Crippen MR) is 68.3 cm³/mol. The van der Waals surface area contributed by atoms with E-state index in [1.807, 2.05) is 0 Å². The van der Waals surface area contributed by atoms with Gasteiger partial charge in [-0.3, -0.25) is 0 Å². The normalized spacial score (nSPS) is 11.2. The number of imidazole rings is 1. The van der Waals surface area contributed by atoms with Crippen LogP contribution in [0.15, 0.2) is 35.7 Å². The zero-order valence-electron chi connectivity index (χ0n) is 10.5. The minimum absolute atomic E-state index is 0.131. The van der Waals surface area contributed by atoms with Gasteiger partial charge in [-0.15, -0.1) is 0 Å². The SMILES string of the molecule is Cn1cnc(S(=O)(=O)NCc2ccc(C#N)cc2F)c1. The van der Waals surface area contributed by atoms with Crippen LogP contribution in [0.25, 0.3) is 0 Å².